The number of hydrogen-bond donors (Lipinski definition) is 1. The molecule has 1 N–H and O–H groups in total. The molecule has 0 radical (unpaired) electrons. The first-order valence-corrected chi connectivity index (χ1v) is 11.7. The minimum absolute atomic E-state index is 0.0623. The van der Waals surface area contributed by atoms with Crippen LogP contribution in [0.2, 0.25) is 0 Å². The zero-order valence-electron chi connectivity index (χ0n) is 20.0. The second kappa shape index (κ2) is 11.4. The van der Waals surface area contributed by atoms with Gasteiger partial charge in [-0.05, 0) is 73.4 Å². The van der Waals surface area contributed by atoms with E-state index in [1.165, 1.54) is 0 Å². The first-order valence-electron chi connectivity index (χ1n) is 11.7. The fourth-order valence-electron chi connectivity index (χ4n) is 3.81. The topological polar surface area (TPSA) is 81.8 Å². The summed E-state index contributed by atoms with van der Waals surface area (Å²) in [7, 11) is 0. The van der Waals surface area contributed by atoms with E-state index in [-0.39, 0.29) is 6.42 Å². The molecule has 0 saturated carbocycles. The third-order valence-electron chi connectivity index (χ3n) is 5.69. The van der Waals surface area contributed by atoms with Crippen molar-refractivity contribution in [1.82, 2.24) is 4.98 Å². The number of hydrogen-bond acceptors (Lipinski definition) is 5. The third kappa shape index (κ3) is 6.73. The van der Waals surface area contributed by atoms with Crippen molar-refractivity contribution in [2.75, 3.05) is 6.61 Å². The number of aromatic nitrogens is 1. The molecule has 0 aliphatic rings. The van der Waals surface area contributed by atoms with Crippen molar-refractivity contribution in [1.29, 1.82) is 0 Å². The summed E-state index contributed by atoms with van der Waals surface area (Å²) >= 11 is 0. The van der Waals surface area contributed by atoms with Gasteiger partial charge in [-0.15, -0.1) is 0 Å². The molecule has 1 aromatic heterocycles. The van der Waals surface area contributed by atoms with Gasteiger partial charge in [-0.25, -0.2) is 4.98 Å². The molecule has 0 amide bonds. The second-order valence-corrected chi connectivity index (χ2v) is 8.42. The van der Waals surface area contributed by atoms with Gasteiger partial charge in [0.2, 0.25) is 5.89 Å². The maximum Gasteiger partial charge on any atom is 0.303 e. The van der Waals surface area contributed by atoms with Gasteiger partial charge < -0.3 is 19.0 Å². The van der Waals surface area contributed by atoms with Crippen LogP contribution in [-0.4, -0.2) is 22.7 Å². The zero-order valence-corrected chi connectivity index (χ0v) is 20.0. The molecule has 0 unspecified atom stereocenters. The SMILES string of the molecule is Cc1cccc(OCc2cc(OCCc3nc(-c4ccccc4)oc3C)ccc2CCC(=O)O)c1. The Balaban J connectivity index is 1.42. The summed E-state index contributed by atoms with van der Waals surface area (Å²) < 4.78 is 17.8. The fourth-order valence-corrected chi connectivity index (χ4v) is 3.81. The minimum Gasteiger partial charge on any atom is -0.493 e. The number of aliphatic carboxylic acids is 1. The highest BCUT2D eigenvalue weighted by molar-refractivity contribution is 5.67. The predicted octanol–water partition coefficient (Wildman–Crippen LogP) is 6.18. The largest absolute Gasteiger partial charge is 0.493 e. The van der Waals surface area contributed by atoms with Crippen LogP contribution in [0.25, 0.3) is 11.5 Å². The van der Waals surface area contributed by atoms with E-state index in [1.807, 2.05) is 86.6 Å². The summed E-state index contributed by atoms with van der Waals surface area (Å²) in [6.07, 6.45) is 1.10. The quantitative estimate of drug-likeness (QED) is 0.281. The number of oxazole rings is 1. The van der Waals surface area contributed by atoms with Crippen LogP contribution < -0.4 is 9.47 Å². The molecule has 0 aliphatic carbocycles. The number of nitrogens with zero attached hydrogens (tertiary/aromatic N) is 1. The van der Waals surface area contributed by atoms with Gasteiger partial charge in [0.25, 0.3) is 0 Å². The molecule has 0 aliphatic heterocycles. The highest BCUT2D eigenvalue weighted by atomic mass is 16.5. The number of carbonyl (C=O) groups is 1. The Morgan fingerprint density at radius 1 is 0.886 bits per heavy atom. The number of ether oxygens (including phenoxy) is 2. The predicted molar refractivity (Wildman–Crippen MR) is 134 cm³/mol. The first kappa shape index (κ1) is 24.1. The number of rotatable bonds is 11. The molecule has 0 bridgehead atoms. The van der Waals surface area contributed by atoms with Crippen molar-refractivity contribution >= 4 is 5.97 Å². The van der Waals surface area contributed by atoms with Gasteiger partial charge in [0.1, 0.15) is 23.9 Å². The van der Waals surface area contributed by atoms with E-state index in [9.17, 15) is 4.79 Å². The molecule has 6 heteroatoms. The highest BCUT2D eigenvalue weighted by Crippen LogP contribution is 2.24. The minimum atomic E-state index is -0.825. The lowest BCUT2D eigenvalue weighted by Crippen LogP contribution is -2.06. The van der Waals surface area contributed by atoms with Crippen molar-refractivity contribution < 1.29 is 23.8 Å². The molecule has 6 nitrogen and oxygen atoms in total. The number of carboxylic acids is 1. The Bertz CT molecular complexity index is 1280. The average molecular weight is 472 g/mol. The molecule has 3 aromatic carbocycles. The summed E-state index contributed by atoms with van der Waals surface area (Å²) in [5, 5.41) is 9.11. The van der Waals surface area contributed by atoms with Crippen molar-refractivity contribution in [2.45, 2.75) is 39.7 Å². The molecule has 4 rings (SSSR count). The van der Waals surface area contributed by atoms with Crippen molar-refractivity contribution in [3.05, 3.63) is 101 Å². The Hall–Kier alpha value is -4.06. The van der Waals surface area contributed by atoms with Crippen LogP contribution in [-0.2, 0) is 24.2 Å². The van der Waals surface area contributed by atoms with E-state index in [0.717, 1.165) is 39.5 Å². The molecule has 180 valence electrons. The van der Waals surface area contributed by atoms with Gasteiger partial charge >= 0.3 is 5.97 Å². The first-order chi connectivity index (χ1) is 17.0. The van der Waals surface area contributed by atoms with E-state index in [2.05, 4.69) is 4.98 Å². The standard InChI is InChI=1S/C29H29NO5/c1-20-7-6-10-25(17-20)34-19-24-18-26(13-11-22(24)12-14-28(31)32)33-16-15-27-21(2)35-29(30-27)23-8-4-3-5-9-23/h3-11,13,17-18H,12,14-16,19H2,1-2H3,(H,31,32). The smallest absolute Gasteiger partial charge is 0.303 e. The van der Waals surface area contributed by atoms with Gasteiger partial charge in [0.05, 0.1) is 12.3 Å². The Labute approximate surface area is 205 Å². The van der Waals surface area contributed by atoms with E-state index in [1.54, 1.807) is 0 Å². The van der Waals surface area contributed by atoms with E-state index >= 15 is 0 Å². The molecule has 0 fully saturated rings. The molecule has 4 aromatic rings. The molecular formula is C29H29NO5. The maximum atomic E-state index is 11.1. The van der Waals surface area contributed by atoms with Crippen LogP contribution in [0.5, 0.6) is 11.5 Å². The van der Waals surface area contributed by atoms with Gasteiger partial charge in [-0.2, -0.15) is 0 Å². The van der Waals surface area contributed by atoms with Gasteiger partial charge in [0.15, 0.2) is 0 Å². The molecular weight excluding hydrogens is 442 g/mol. The average Bonchev–Trinajstić information content (AvgIpc) is 3.23. The lowest BCUT2D eigenvalue weighted by Gasteiger charge is -2.14. The van der Waals surface area contributed by atoms with Crippen LogP contribution in [0.3, 0.4) is 0 Å². The summed E-state index contributed by atoms with van der Waals surface area (Å²) in [5.74, 6) is 2.04. The van der Waals surface area contributed by atoms with Crippen LogP contribution in [0.15, 0.2) is 77.2 Å². The van der Waals surface area contributed by atoms with Crippen LogP contribution >= 0.6 is 0 Å². The number of aryl methyl sites for hydroxylation is 3. The Morgan fingerprint density at radius 3 is 2.46 bits per heavy atom. The van der Waals surface area contributed by atoms with E-state index < -0.39 is 5.97 Å². The monoisotopic (exact) mass is 471 g/mol. The summed E-state index contributed by atoms with van der Waals surface area (Å²) in [6.45, 7) is 4.69. The van der Waals surface area contributed by atoms with E-state index in [4.69, 9.17) is 19.0 Å². The van der Waals surface area contributed by atoms with Crippen molar-refractivity contribution in [3.8, 4) is 23.0 Å². The molecule has 0 saturated heterocycles. The third-order valence-corrected chi connectivity index (χ3v) is 5.69. The number of benzene rings is 3. The Morgan fingerprint density at radius 2 is 1.69 bits per heavy atom. The summed E-state index contributed by atoms with van der Waals surface area (Å²) in [6, 6.07) is 23.4. The van der Waals surface area contributed by atoms with Gasteiger partial charge in [0, 0.05) is 18.4 Å². The maximum absolute atomic E-state index is 11.1. The highest BCUT2D eigenvalue weighted by Gasteiger charge is 2.12. The summed E-state index contributed by atoms with van der Waals surface area (Å²) in [4.78, 5) is 15.7. The molecule has 35 heavy (non-hydrogen) atoms. The van der Waals surface area contributed by atoms with Gasteiger partial charge in [-0.1, -0.05) is 36.4 Å². The van der Waals surface area contributed by atoms with Crippen LogP contribution in [0, 0.1) is 13.8 Å². The van der Waals surface area contributed by atoms with Crippen LogP contribution in [0.4, 0.5) is 0 Å². The normalized spacial score (nSPS) is 10.8. The molecule has 0 spiro atoms. The van der Waals surface area contributed by atoms with Crippen molar-refractivity contribution in [3.63, 3.8) is 0 Å². The fraction of sp³-hybridized carbons (Fsp3) is 0.241. The second-order valence-electron chi connectivity index (χ2n) is 8.42. The Kier molecular flexibility index (Phi) is 7.83. The van der Waals surface area contributed by atoms with Crippen LogP contribution in [0.1, 0.15) is 34.6 Å². The lowest BCUT2D eigenvalue weighted by molar-refractivity contribution is -0.136. The van der Waals surface area contributed by atoms with Gasteiger partial charge in [-0.3, -0.25) is 4.79 Å². The molecule has 1 heterocycles. The lowest BCUT2D eigenvalue weighted by atomic mass is 10.0. The zero-order chi connectivity index (χ0) is 24.6. The van der Waals surface area contributed by atoms with Crippen molar-refractivity contribution in [2.24, 2.45) is 0 Å². The molecule has 0 atom stereocenters. The number of carboxylic acid groups (broad SMARTS) is 1. The summed E-state index contributed by atoms with van der Waals surface area (Å²) in [5.41, 5.74) is 4.77. The van der Waals surface area contributed by atoms with E-state index in [0.29, 0.717) is 37.7 Å².